The molecule has 2 rings (SSSR count). The molecule has 2 heterocycles. The number of hydrogen-bond acceptors (Lipinski definition) is 4. The number of alkyl halides is 1. The smallest absolute Gasteiger partial charge is 0.352 e. The normalized spacial score (nSPS) is 26.8. The van der Waals surface area contributed by atoms with E-state index in [4.69, 9.17) is 22.4 Å². The van der Waals surface area contributed by atoms with E-state index in [9.17, 15) is 9.59 Å². The lowest BCUT2D eigenvalue weighted by atomic mass is 10.0. The first-order chi connectivity index (χ1) is 8.07. The highest BCUT2D eigenvalue weighted by molar-refractivity contribution is 8.00. The number of β-lactam (4-membered cyclic amide) rings is 1. The van der Waals surface area contributed by atoms with Gasteiger partial charge in [-0.25, -0.2) is 4.79 Å². The van der Waals surface area contributed by atoms with Crippen LogP contribution < -0.4 is 5.73 Å². The lowest BCUT2D eigenvalue weighted by molar-refractivity contribution is -0.147. The van der Waals surface area contributed by atoms with E-state index >= 15 is 0 Å². The number of hydrogen-bond donors (Lipinski definition) is 2. The van der Waals surface area contributed by atoms with Gasteiger partial charge < -0.3 is 10.8 Å². The summed E-state index contributed by atoms with van der Waals surface area (Å²) in [6, 6.07) is -0.590. The molecule has 0 aromatic rings. The molecule has 0 bridgehead atoms. The number of carbonyl (C=O) groups is 2. The summed E-state index contributed by atoms with van der Waals surface area (Å²) in [4.78, 5) is 24.0. The molecule has 2 atom stereocenters. The number of carboxylic acid groups (broad SMARTS) is 1. The van der Waals surface area contributed by atoms with Crippen molar-refractivity contribution in [2.45, 2.75) is 11.4 Å². The molecule has 1 fully saturated rings. The van der Waals surface area contributed by atoms with Crippen LogP contribution in [0.2, 0.25) is 0 Å². The molecule has 0 saturated carbocycles. The maximum absolute atomic E-state index is 11.6. The van der Waals surface area contributed by atoms with Gasteiger partial charge in [0.05, 0.1) is 0 Å². The number of amides is 1. The van der Waals surface area contributed by atoms with Crippen LogP contribution in [0.3, 0.4) is 0 Å². The van der Waals surface area contributed by atoms with Gasteiger partial charge in [-0.1, -0.05) is 12.2 Å². The summed E-state index contributed by atoms with van der Waals surface area (Å²) < 4.78 is 0. The zero-order valence-corrected chi connectivity index (χ0v) is 11.6. The number of nitrogens with zero attached hydrogens (tertiary/aromatic N) is 1. The van der Waals surface area contributed by atoms with Crippen molar-refractivity contribution in [1.29, 1.82) is 0 Å². The molecule has 0 aromatic heterocycles. The minimum absolute atomic E-state index is 0. The van der Waals surface area contributed by atoms with E-state index in [1.54, 1.807) is 12.2 Å². The Hall–Kier alpha value is -0.690. The van der Waals surface area contributed by atoms with Gasteiger partial charge in [-0.2, -0.15) is 0 Å². The lowest BCUT2D eigenvalue weighted by Crippen LogP contribution is -2.68. The number of aliphatic carboxylic acids is 1. The van der Waals surface area contributed by atoms with Gasteiger partial charge in [-0.05, 0) is 5.57 Å². The summed E-state index contributed by atoms with van der Waals surface area (Å²) >= 11 is 6.98. The molecular formula is C10H12Cl2N2O3S. The van der Waals surface area contributed by atoms with Crippen molar-refractivity contribution in [3.8, 4) is 0 Å². The van der Waals surface area contributed by atoms with Gasteiger partial charge in [0.15, 0.2) is 0 Å². The molecular weight excluding hydrogens is 299 g/mol. The SMILES string of the molecule is Cl.NC1C(=O)N2C(C(=O)O)=C(C=CCCl)CS[C@@H]12. The number of halogens is 2. The first-order valence-corrected chi connectivity index (χ1v) is 6.55. The standard InChI is InChI=1S/C10H11ClN2O3S.ClH/c11-3-1-2-5-4-17-9-6(12)8(14)13(9)7(5)10(15)16;/h1-2,6,9H,3-4,12H2,(H,15,16);1H/t6?,9-;/m0./s1. The van der Waals surface area contributed by atoms with Gasteiger partial charge in [0.2, 0.25) is 5.91 Å². The van der Waals surface area contributed by atoms with Crippen LogP contribution >= 0.6 is 35.8 Å². The number of nitrogens with two attached hydrogens (primary N) is 1. The molecule has 0 aliphatic carbocycles. The van der Waals surface area contributed by atoms with Crippen molar-refractivity contribution in [2.75, 3.05) is 11.6 Å². The molecule has 1 unspecified atom stereocenters. The van der Waals surface area contributed by atoms with Crippen molar-refractivity contribution in [2.24, 2.45) is 5.73 Å². The highest BCUT2D eigenvalue weighted by atomic mass is 35.5. The van der Waals surface area contributed by atoms with Crippen molar-refractivity contribution in [3.63, 3.8) is 0 Å². The average molecular weight is 311 g/mol. The summed E-state index contributed by atoms with van der Waals surface area (Å²) in [5.41, 5.74) is 6.24. The van der Waals surface area contributed by atoms with E-state index in [2.05, 4.69) is 0 Å². The molecule has 3 N–H and O–H groups in total. The monoisotopic (exact) mass is 310 g/mol. The number of carbonyl (C=O) groups excluding carboxylic acids is 1. The van der Waals surface area contributed by atoms with Gasteiger partial charge in [-0.15, -0.1) is 35.8 Å². The molecule has 5 nitrogen and oxygen atoms in total. The summed E-state index contributed by atoms with van der Waals surface area (Å²) in [5, 5.41) is 8.92. The van der Waals surface area contributed by atoms with Gasteiger partial charge >= 0.3 is 5.97 Å². The van der Waals surface area contributed by atoms with Crippen LogP contribution in [-0.2, 0) is 9.59 Å². The van der Waals surface area contributed by atoms with E-state index in [-0.39, 0.29) is 29.4 Å². The third-order valence-electron chi connectivity index (χ3n) is 2.65. The van der Waals surface area contributed by atoms with Gasteiger partial charge in [0.1, 0.15) is 17.1 Å². The fourth-order valence-corrected chi connectivity index (χ4v) is 3.21. The van der Waals surface area contributed by atoms with Crippen LogP contribution in [0.4, 0.5) is 0 Å². The molecule has 0 spiro atoms. The second-order valence-corrected chi connectivity index (χ2v) is 5.08. The molecule has 2 aliphatic heterocycles. The summed E-state index contributed by atoms with van der Waals surface area (Å²) in [5.74, 6) is -0.615. The molecule has 8 heteroatoms. The number of carboxylic acids is 1. The van der Waals surface area contributed by atoms with E-state index in [0.717, 1.165) is 0 Å². The molecule has 0 aromatic carbocycles. The van der Waals surface area contributed by atoms with Crippen molar-refractivity contribution in [3.05, 3.63) is 23.4 Å². The number of fused-ring (bicyclic) bond motifs is 1. The molecule has 100 valence electrons. The third-order valence-corrected chi connectivity index (χ3v) is 4.15. The number of thioether (sulfide) groups is 1. The van der Waals surface area contributed by atoms with Crippen LogP contribution in [0.5, 0.6) is 0 Å². The van der Waals surface area contributed by atoms with Gasteiger partial charge in [0, 0.05) is 11.6 Å². The zero-order chi connectivity index (χ0) is 12.6. The average Bonchev–Trinajstić information content (AvgIpc) is 2.33. The predicted octanol–water partition coefficient (Wildman–Crippen LogP) is 0.784. The largest absolute Gasteiger partial charge is 0.477 e. The highest BCUT2D eigenvalue weighted by Gasteiger charge is 2.51. The Kier molecular flexibility index (Phi) is 5.10. The first-order valence-electron chi connectivity index (χ1n) is 4.97. The Labute approximate surface area is 119 Å². The number of allylic oxidation sites excluding steroid dienone is 2. The van der Waals surface area contributed by atoms with Gasteiger partial charge in [0.25, 0.3) is 0 Å². The molecule has 1 amide bonds. The quantitative estimate of drug-likeness (QED) is 0.594. The van der Waals surface area contributed by atoms with Crippen LogP contribution in [0.15, 0.2) is 23.4 Å². The Morgan fingerprint density at radius 2 is 2.33 bits per heavy atom. The minimum Gasteiger partial charge on any atom is -0.477 e. The van der Waals surface area contributed by atoms with Crippen molar-refractivity contribution >= 4 is 47.6 Å². The second-order valence-electron chi connectivity index (χ2n) is 3.67. The summed E-state index contributed by atoms with van der Waals surface area (Å²) in [7, 11) is 0. The fourth-order valence-electron chi connectivity index (χ4n) is 1.85. The third kappa shape index (κ3) is 2.38. The Morgan fingerprint density at radius 3 is 2.89 bits per heavy atom. The maximum atomic E-state index is 11.6. The van der Waals surface area contributed by atoms with Crippen LogP contribution in [-0.4, -0.2) is 44.9 Å². The second kappa shape index (κ2) is 5.97. The number of rotatable bonds is 3. The predicted molar refractivity (Wildman–Crippen MR) is 72.8 cm³/mol. The highest BCUT2D eigenvalue weighted by Crippen LogP contribution is 2.39. The summed E-state index contributed by atoms with van der Waals surface area (Å²) in [6.07, 6.45) is 3.31. The lowest BCUT2D eigenvalue weighted by Gasteiger charge is -2.47. The van der Waals surface area contributed by atoms with Crippen molar-refractivity contribution in [1.82, 2.24) is 4.90 Å². The summed E-state index contributed by atoms with van der Waals surface area (Å²) in [6.45, 7) is 0. The topological polar surface area (TPSA) is 83.6 Å². The fraction of sp³-hybridized carbons (Fsp3) is 0.400. The van der Waals surface area contributed by atoms with E-state index < -0.39 is 12.0 Å². The Morgan fingerprint density at radius 1 is 1.67 bits per heavy atom. The van der Waals surface area contributed by atoms with E-state index in [0.29, 0.717) is 17.2 Å². The molecule has 1 saturated heterocycles. The Bertz CT molecular complexity index is 439. The minimum atomic E-state index is -1.11. The van der Waals surface area contributed by atoms with Gasteiger partial charge in [-0.3, -0.25) is 9.69 Å². The first kappa shape index (κ1) is 15.4. The van der Waals surface area contributed by atoms with Crippen LogP contribution in [0.1, 0.15) is 0 Å². The molecule has 18 heavy (non-hydrogen) atoms. The van der Waals surface area contributed by atoms with E-state index in [1.165, 1.54) is 16.7 Å². The molecule has 0 radical (unpaired) electrons. The maximum Gasteiger partial charge on any atom is 0.352 e. The van der Waals surface area contributed by atoms with Crippen LogP contribution in [0, 0.1) is 0 Å². The Balaban J connectivity index is 0.00000162. The van der Waals surface area contributed by atoms with Crippen LogP contribution in [0.25, 0.3) is 0 Å². The zero-order valence-electron chi connectivity index (χ0n) is 9.21. The van der Waals surface area contributed by atoms with E-state index in [1.807, 2.05) is 0 Å². The molecule has 2 aliphatic rings. The van der Waals surface area contributed by atoms with Crippen molar-refractivity contribution < 1.29 is 14.7 Å².